The Bertz CT molecular complexity index is 937. The smallest absolute Gasteiger partial charge is 0.327 e. The largest absolute Gasteiger partial charge is 0.480 e. The Labute approximate surface area is 175 Å². The molecule has 0 aromatic heterocycles. The van der Waals surface area contributed by atoms with Gasteiger partial charge < -0.3 is 15.3 Å². The first-order valence-corrected chi connectivity index (χ1v) is 10.5. The molecule has 2 aromatic carbocycles. The minimum atomic E-state index is -1.19. The monoisotopic (exact) mass is 406 g/mol. The van der Waals surface area contributed by atoms with Crippen molar-refractivity contribution in [1.82, 2.24) is 10.2 Å². The molecular formula is C24H26N2O4. The molecule has 2 amide bonds. The second kappa shape index (κ2) is 8.69. The zero-order valence-electron chi connectivity index (χ0n) is 16.8. The highest BCUT2D eigenvalue weighted by molar-refractivity contribution is 6.05. The SMILES string of the molecule is O=C(NCCc1ccccc1)C1c2ccccc2C(=O)N(C2CCCC2)C1C(=O)O. The van der Waals surface area contributed by atoms with E-state index >= 15 is 0 Å². The van der Waals surface area contributed by atoms with Gasteiger partial charge in [0, 0.05) is 18.2 Å². The molecule has 1 heterocycles. The predicted octanol–water partition coefficient (Wildman–Crippen LogP) is 2.98. The molecule has 2 N–H and O–H groups in total. The molecule has 6 nitrogen and oxygen atoms in total. The summed E-state index contributed by atoms with van der Waals surface area (Å²) in [5, 5.41) is 13.0. The fraction of sp³-hybridized carbons (Fsp3) is 0.375. The summed E-state index contributed by atoms with van der Waals surface area (Å²) in [5.74, 6) is -2.68. The zero-order chi connectivity index (χ0) is 21.1. The number of hydrogen-bond donors (Lipinski definition) is 2. The van der Waals surface area contributed by atoms with Crippen LogP contribution in [-0.2, 0) is 16.0 Å². The predicted molar refractivity (Wildman–Crippen MR) is 112 cm³/mol. The minimum Gasteiger partial charge on any atom is -0.480 e. The number of carbonyl (C=O) groups is 3. The summed E-state index contributed by atoms with van der Waals surface area (Å²) in [6, 6.07) is 15.4. The van der Waals surface area contributed by atoms with Crippen LogP contribution in [0.3, 0.4) is 0 Å². The molecule has 2 aliphatic rings. The highest BCUT2D eigenvalue weighted by Crippen LogP contribution is 2.38. The van der Waals surface area contributed by atoms with Crippen molar-refractivity contribution in [1.29, 1.82) is 0 Å². The molecule has 1 fully saturated rings. The molecule has 4 rings (SSSR count). The summed E-state index contributed by atoms with van der Waals surface area (Å²) in [5.41, 5.74) is 2.03. The highest BCUT2D eigenvalue weighted by Gasteiger charge is 2.49. The maximum Gasteiger partial charge on any atom is 0.327 e. The Balaban J connectivity index is 1.62. The van der Waals surface area contributed by atoms with Gasteiger partial charge in [-0.3, -0.25) is 9.59 Å². The molecule has 1 aliphatic heterocycles. The third-order valence-corrected chi connectivity index (χ3v) is 6.19. The van der Waals surface area contributed by atoms with Crippen LogP contribution in [0.2, 0.25) is 0 Å². The van der Waals surface area contributed by atoms with Gasteiger partial charge in [-0.15, -0.1) is 0 Å². The van der Waals surface area contributed by atoms with Crippen molar-refractivity contribution in [3.8, 4) is 0 Å². The van der Waals surface area contributed by atoms with Crippen molar-refractivity contribution in [2.75, 3.05) is 6.54 Å². The number of carbonyl (C=O) groups excluding carboxylic acids is 2. The van der Waals surface area contributed by atoms with E-state index < -0.39 is 17.9 Å². The van der Waals surface area contributed by atoms with E-state index in [1.807, 2.05) is 30.3 Å². The van der Waals surface area contributed by atoms with Gasteiger partial charge in [-0.05, 0) is 36.5 Å². The summed E-state index contributed by atoms with van der Waals surface area (Å²) in [4.78, 5) is 40.2. The summed E-state index contributed by atoms with van der Waals surface area (Å²) in [6.45, 7) is 0.408. The first-order chi connectivity index (χ1) is 14.6. The first kappa shape index (κ1) is 20.1. The van der Waals surface area contributed by atoms with E-state index in [0.717, 1.165) is 31.2 Å². The van der Waals surface area contributed by atoms with Crippen molar-refractivity contribution in [3.05, 3.63) is 71.3 Å². The van der Waals surface area contributed by atoms with Crippen molar-refractivity contribution < 1.29 is 19.5 Å². The lowest BCUT2D eigenvalue weighted by Gasteiger charge is -2.42. The van der Waals surface area contributed by atoms with E-state index in [9.17, 15) is 19.5 Å². The van der Waals surface area contributed by atoms with Crippen molar-refractivity contribution >= 4 is 17.8 Å². The number of aliphatic carboxylic acids is 1. The van der Waals surface area contributed by atoms with Gasteiger partial charge in [-0.1, -0.05) is 61.4 Å². The number of hydrogen-bond acceptors (Lipinski definition) is 3. The maximum atomic E-state index is 13.2. The lowest BCUT2D eigenvalue weighted by Crippen LogP contribution is -2.58. The third-order valence-electron chi connectivity index (χ3n) is 6.19. The number of amides is 2. The van der Waals surface area contributed by atoms with Crippen molar-refractivity contribution in [3.63, 3.8) is 0 Å². The summed E-state index contributed by atoms with van der Waals surface area (Å²) < 4.78 is 0. The molecule has 1 aliphatic carbocycles. The summed E-state index contributed by atoms with van der Waals surface area (Å²) in [7, 11) is 0. The number of benzene rings is 2. The molecule has 0 spiro atoms. The summed E-state index contributed by atoms with van der Waals surface area (Å²) >= 11 is 0. The van der Waals surface area contributed by atoms with E-state index in [-0.39, 0.29) is 17.9 Å². The highest BCUT2D eigenvalue weighted by atomic mass is 16.4. The lowest BCUT2D eigenvalue weighted by molar-refractivity contribution is -0.147. The molecule has 2 aromatic rings. The van der Waals surface area contributed by atoms with E-state index in [1.165, 1.54) is 4.90 Å². The van der Waals surface area contributed by atoms with E-state index in [0.29, 0.717) is 24.1 Å². The average molecular weight is 406 g/mol. The van der Waals surface area contributed by atoms with Gasteiger partial charge in [0.05, 0.1) is 5.92 Å². The molecule has 1 saturated carbocycles. The Morgan fingerprint density at radius 2 is 1.67 bits per heavy atom. The van der Waals surface area contributed by atoms with E-state index in [4.69, 9.17) is 0 Å². The number of fused-ring (bicyclic) bond motifs is 1. The van der Waals surface area contributed by atoms with Gasteiger partial charge in [0.2, 0.25) is 5.91 Å². The van der Waals surface area contributed by atoms with Crippen LogP contribution < -0.4 is 5.32 Å². The number of carboxylic acid groups (broad SMARTS) is 1. The van der Waals surface area contributed by atoms with Gasteiger partial charge >= 0.3 is 5.97 Å². The Hall–Kier alpha value is -3.15. The Kier molecular flexibility index (Phi) is 5.84. The lowest BCUT2D eigenvalue weighted by atomic mass is 9.81. The molecule has 6 heteroatoms. The van der Waals surface area contributed by atoms with Gasteiger partial charge in [-0.2, -0.15) is 0 Å². The van der Waals surface area contributed by atoms with Crippen molar-refractivity contribution in [2.45, 2.75) is 50.1 Å². The normalized spacial score (nSPS) is 21.3. The fourth-order valence-corrected chi connectivity index (χ4v) is 4.77. The van der Waals surface area contributed by atoms with E-state index in [1.54, 1.807) is 24.3 Å². The van der Waals surface area contributed by atoms with Crippen LogP contribution in [0.15, 0.2) is 54.6 Å². The quantitative estimate of drug-likeness (QED) is 0.772. The molecular weight excluding hydrogens is 380 g/mol. The number of rotatable bonds is 6. The number of nitrogens with zero attached hydrogens (tertiary/aromatic N) is 1. The van der Waals surface area contributed by atoms with Crippen LogP contribution >= 0.6 is 0 Å². The second-order valence-corrected chi connectivity index (χ2v) is 8.03. The topological polar surface area (TPSA) is 86.7 Å². The second-order valence-electron chi connectivity index (χ2n) is 8.03. The molecule has 2 unspecified atom stereocenters. The number of carboxylic acids is 1. The fourth-order valence-electron chi connectivity index (χ4n) is 4.77. The zero-order valence-corrected chi connectivity index (χ0v) is 16.8. The van der Waals surface area contributed by atoms with Crippen LogP contribution in [0, 0.1) is 0 Å². The molecule has 0 bridgehead atoms. The Morgan fingerprint density at radius 3 is 2.37 bits per heavy atom. The first-order valence-electron chi connectivity index (χ1n) is 10.5. The molecule has 156 valence electrons. The molecule has 2 atom stereocenters. The average Bonchev–Trinajstić information content (AvgIpc) is 3.28. The van der Waals surface area contributed by atoms with Gasteiger partial charge in [0.25, 0.3) is 5.91 Å². The Morgan fingerprint density at radius 1 is 1.00 bits per heavy atom. The summed E-state index contributed by atoms with van der Waals surface area (Å²) in [6.07, 6.45) is 4.15. The molecule has 0 radical (unpaired) electrons. The van der Waals surface area contributed by atoms with Crippen LogP contribution in [0.4, 0.5) is 0 Å². The van der Waals surface area contributed by atoms with Crippen LogP contribution in [0.1, 0.15) is 53.1 Å². The van der Waals surface area contributed by atoms with Crippen LogP contribution in [0.25, 0.3) is 0 Å². The van der Waals surface area contributed by atoms with Crippen molar-refractivity contribution in [2.24, 2.45) is 0 Å². The van der Waals surface area contributed by atoms with Crippen LogP contribution in [0.5, 0.6) is 0 Å². The molecule has 30 heavy (non-hydrogen) atoms. The molecule has 0 saturated heterocycles. The van der Waals surface area contributed by atoms with Gasteiger partial charge in [-0.25, -0.2) is 4.79 Å². The standard InChI is InChI=1S/C24H26N2O4/c27-22(25-15-14-16-8-2-1-3-9-16)20-18-12-6-7-13-19(18)23(28)26(21(20)24(29)30)17-10-4-5-11-17/h1-3,6-9,12-13,17,20-21H,4-5,10-11,14-15H2,(H,25,27)(H,29,30). The minimum absolute atomic E-state index is 0.133. The van der Waals surface area contributed by atoms with E-state index in [2.05, 4.69) is 5.32 Å². The number of nitrogens with one attached hydrogen (secondary N) is 1. The maximum absolute atomic E-state index is 13.2. The van der Waals surface area contributed by atoms with Gasteiger partial charge in [0.1, 0.15) is 6.04 Å². The third kappa shape index (κ3) is 3.82. The van der Waals surface area contributed by atoms with Gasteiger partial charge in [0.15, 0.2) is 0 Å². The van der Waals surface area contributed by atoms with Crippen LogP contribution in [-0.4, -0.2) is 46.4 Å².